The standard InChI is InChI=1S/C18H19N3O2S/c1-13-20-16-12-14(8-9-17(16)21(13)2)18(22)19-10-11-24(23)15-6-4-3-5-7-15/h3-9,12H,10-11H2,1-2H3,(H,19,22)/t24-/m0/s1. The Kier molecular flexibility index (Phi) is 4.76. The molecule has 3 aromatic rings. The molecule has 0 aliphatic heterocycles. The summed E-state index contributed by atoms with van der Waals surface area (Å²) in [6.45, 7) is 2.29. The van der Waals surface area contributed by atoms with Crippen molar-refractivity contribution in [1.29, 1.82) is 0 Å². The van der Waals surface area contributed by atoms with Gasteiger partial charge in [0.2, 0.25) is 0 Å². The number of carbonyl (C=O) groups excluding carboxylic acids is 1. The Morgan fingerprint density at radius 2 is 1.96 bits per heavy atom. The second-order valence-corrected chi connectivity index (χ2v) is 7.11. The molecule has 3 rings (SSSR count). The number of hydrogen-bond acceptors (Lipinski definition) is 3. The van der Waals surface area contributed by atoms with Gasteiger partial charge in [0.25, 0.3) is 5.91 Å². The minimum atomic E-state index is -1.11. The van der Waals surface area contributed by atoms with E-state index in [9.17, 15) is 9.00 Å². The van der Waals surface area contributed by atoms with Gasteiger partial charge in [-0.25, -0.2) is 4.98 Å². The summed E-state index contributed by atoms with van der Waals surface area (Å²) in [6, 6.07) is 14.7. The molecule has 1 amide bonds. The number of aromatic nitrogens is 2. The third-order valence-electron chi connectivity index (χ3n) is 3.95. The van der Waals surface area contributed by atoms with E-state index < -0.39 is 10.8 Å². The maximum Gasteiger partial charge on any atom is 0.251 e. The Bertz CT molecular complexity index is 903. The molecule has 1 atom stereocenters. The van der Waals surface area contributed by atoms with E-state index in [0.717, 1.165) is 21.8 Å². The fourth-order valence-electron chi connectivity index (χ4n) is 2.51. The molecule has 1 aromatic heterocycles. The van der Waals surface area contributed by atoms with E-state index in [1.807, 2.05) is 54.9 Å². The van der Waals surface area contributed by atoms with Gasteiger partial charge in [0, 0.05) is 29.8 Å². The van der Waals surface area contributed by atoms with Crippen LogP contribution in [0.1, 0.15) is 16.2 Å². The van der Waals surface area contributed by atoms with E-state index in [1.165, 1.54) is 0 Å². The maximum atomic E-state index is 12.3. The minimum Gasteiger partial charge on any atom is -0.351 e. The number of fused-ring (bicyclic) bond motifs is 1. The molecule has 1 heterocycles. The molecule has 0 spiro atoms. The molecule has 0 bridgehead atoms. The fourth-order valence-corrected chi connectivity index (χ4v) is 3.49. The van der Waals surface area contributed by atoms with Gasteiger partial charge in [-0.05, 0) is 37.3 Å². The largest absolute Gasteiger partial charge is 0.351 e. The van der Waals surface area contributed by atoms with Crippen molar-refractivity contribution in [3.05, 3.63) is 59.9 Å². The Balaban J connectivity index is 1.62. The lowest BCUT2D eigenvalue weighted by molar-refractivity contribution is 0.0956. The Hall–Kier alpha value is -2.47. The lowest BCUT2D eigenvalue weighted by Gasteiger charge is -2.06. The number of hydrogen-bond donors (Lipinski definition) is 1. The molecule has 1 N–H and O–H groups in total. The molecule has 0 radical (unpaired) electrons. The molecule has 24 heavy (non-hydrogen) atoms. The molecule has 2 aromatic carbocycles. The number of nitrogens with one attached hydrogen (secondary N) is 1. The normalized spacial score (nSPS) is 12.2. The first-order valence-electron chi connectivity index (χ1n) is 7.71. The van der Waals surface area contributed by atoms with Crippen LogP contribution in [0.3, 0.4) is 0 Å². The van der Waals surface area contributed by atoms with E-state index >= 15 is 0 Å². The monoisotopic (exact) mass is 341 g/mol. The molecule has 0 unspecified atom stereocenters. The minimum absolute atomic E-state index is 0.176. The van der Waals surface area contributed by atoms with Gasteiger partial charge in [-0.15, -0.1) is 0 Å². The molecule has 0 aliphatic carbocycles. The summed E-state index contributed by atoms with van der Waals surface area (Å²) in [5.41, 5.74) is 2.36. The summed E-state index contributed by atoms with van der Waals surface area (Å²) in [7, 11) is 0.839. The molecule has 0 aliphatic rings. The van der Waals surface area contributed by atoms with Crippen LogP contribution < -0.4 is 5.32 Å². The van der Waals surface area contributed by atoms with Crippen molar-refractivity contribution in [3.63, 3.8) is 0 Å². The molecule has 6 heteroatoms. The van der Waals surface area contributed by atoms with Gasteiger partial charge in [-0.3, -0.25) is 9.00 Å². The topological polar surface area (TPSA) is 64.0 Å². The summed E-state index contributed by atoms with van der Waals surface area (Å²) in [4.78, 5) is 17.5. The number of carbonyl (C=O) groups is 1. The Morgan fingerprint density at radius 1 is 1.21 bits per heavy atom. The summed E-state index contributed by atoms with van der Waals surface area (Å²) in [6.07, 6.45) is 0. The van der Waals surface area contributed by atoms with E-state index in [1.54, 1.807) is 12.1 Å². The van der Waals surface area contributed by atoms with Crippen LogP contribution in [-0.4, -0.2) is 32.0 Å². The number of rotatable bonds is 5. The van der Waals surface area contributed by atoms with Gasteiger partial charge in [0.1, 0.15) is 5.82 Å². The number of amides is 1. The maximum absolute atomic E-state index is 12.3. The number of imidazole rings is 1. The molecule has 124 valence electrons. The van der Waals surface area contributed by atoms with Crippen LogP contribution in [0.15, 0.2) is 53.4 Å². The fraction of sp³-hybridized carbons (Fsp3) is 0.222. The highest BCUT2D eigenvalue weighted by Gasteiger charge is 2.10. The first kappa shape index (κ1) is 16.4. The van der Waals surface area contributed by atoms with Gasteiger partial charge < -0.3 is 9.88 Å². The first-order valence-corrected chi connectivity index (χ1v) is 9.03. The Labute approximate surface area is 143 Å². The van der Waals surface area contributed by atoms with Gasteiger partial charge in [0.15, 0.2) is 0 Å². The summed E-state index contributed by atoms with van der Waals surface area (Å²) in [5.74, 6) is 1.12. The van der Waals surface area contributed by atoms with Crippen molar-refractivity contribution in [1.82, 2.24) is 14.9 Å². The van der Waals surface area contributed by atoms with Gasteiger partial charge in [0.05, 0.1) is 21.8 Å². The smallest absolute Gasteiger partial charge is 0.251 e. The molecular weight excluding hydrogens is 322 g/mol. The number of nitrogens with zero attached hydrogens (tertiary/aromatic N) is 2. The van der Waals surface area contributed by atoms with Crippen molar-refractivity contribution in [2.24, 2.45) is 7.05 Å². The van der Waals surface area contributed by atoms with E-state index in [2.05, 4.69) is 10.3 Å². The van der Waals surface area contributed by atoms with Crippen LogP contribution in [0, 0.1) is 6.92 Å². The SMILES string of the molecule is Cc1nc2cc(C(=O)NCC[S@](=O)c3ccccc3)ccc2n1C. The van der Waals surface area contributed by atoms with Crippen LogP contribution >= 0.6 is 0 Å². The van der Waals surface area contributed by atoms with E-state index in [-0.39, 0.29) is 5.91 Å². The lowest BCUT2D eigenvalue weighted by atomic mass is 10.2. The Morgan fingerprint density at radius 3 is 2.71 bits per heavy atom. The van der Waals surface area contributed by atoms with Gasteiger partial charge in [-0.1, -0.05) is 18.2 Å². The highest BCUT2D eigenvalue weighted by atomic mass is 32.2. The highest BCUT2D eigenvalue weighted by Crippen LogP contribution is 2.16. The number of benzene rings is 2. The number of aryl methyl sites for hydroxylation is 2. The third kappa shape index (κ3) is 3.38. The zero-order valence-corrected chi connectivity index (χ0v) is 14.5. The predicted molar refractivity (Wildman–Crippen MR) is 95.5 cm³/mol. The van der Waals surface area contributed by atoms with Gasteiger partial charge in [-0.2, -0.15) is 0 Å². The molecule has 0 saturated heterocycles. The third-order valence-corrected chi connectivity index (χ3v) is 5.32. The summed E-state index contributed by atoms with van der Waals surface area (Å²) >= 11 is 0. The average Bonchev–Trinajstić information content (AvgIpc) is 2.89. The second kappa shape index (κ2) is 6.97. The van der Waals surface area contributed by atoms with Crippen molar-refractivity contribution in [2.75, 3.05) is 12.3 Å². The van der Waals surface area contributed by atoms with E-state index in [4.69, 9.17) is 0 Å². The van der Waals surface area contributed by atoms with Crippen molar-refractivity contribution in [2.45, 2.75) is 11.8 Å². The molecule has 0 fully saturated rings. The van der Waals surface area contributed by atoms with Crippen LogP contribution in [0.4, 0.5) is 0 Å². The quantitative estimate of drug-likeness (QED) is 0.775. The molecule has 0 saturated carbocycles. The van der Waals surface area contributed by atoms with Crippen LogP contribution in [0.5, 0.6) is 0 Å². The van der Waals surface area contributed by atoms with Crippen molar-refractivity contribution in [3.8, 4) is 0 Å². The molecular formula is C18H19N3O2S. The molecule has 5 nitrogen and oxygen atoms in total. The van der Waals surface area contributed by atoms with Crippen LogP contribution in [0.25, 0.3) is 11.0 Å². The van der Waals surface area contributed by atoms with Gasteiger partial charge >= 0.3 is 0 Å². The second-order valence-electron chi connectivity index (χ2n) is 5.54. The van der Waals surface area contributed by atoms with Crippen LogP contribution in [0.2, 0.25) is 0 Å². The lowest BCUT2D eigenvalue weighted by Crippen LogP contribution is -2.27. The van der Waals surface area contributed by atoms with E-state index in [0.29, 0.717) is 17.9 Å². The first-order chi connectivity index (χ1) is 11.6. The highest BCUT2D eigenvalue weighted by molar-refractivity contribution is 7.85. The average molecular weight is 341 g/mol. The predicted octanol–water partition coefficient (Wildman–Crippen LogP) is 2.42. The zero-order valence-electron chi connectivity index (χ0n) is 13.7. The van der Waals surface area contributed by atoms with Crippen LogP contribution in [-0.2, 0) is 17.8 Å². The summed E-state index contributed by atoms with van der Waals surface area (Å²) in [5, 5.41) is 2.82. The summed E-state index contributed by atoms with van der Waals surface area (Å²) < 4.78 is 14.1. The van der Waals surface area contributed by atoms with Crippen molar-refractivity contribution < 1.29 is 9.00 Å². The van der Waals surface area contributed by atoms with Crippen molar-refractivity contribution >= 4 is 27.7 Å². The zero-order chi connectivity index (χ0) is 17.1.